The maximum Gasteiger partial charge on any atom is 0.236 e. The van der Waals surface area contributed by atoms with Crippen molar-refractivity contribution in [2.45, 2.75) is 38.3 Å². The highest BCUT2D eigenvalue weighted by atomic mass is 16.2. The summed E-state index contributed by atoms with van der Waals surface area (Å²) in [6.07, 6.45) is 3.45. The number of amides is 1. The first-order valence-electron chi connectivity index (χ1n) is 6.28. The van der Waals surface area contributed by atoms with Gasteiger partial charge in [0, 0.05) is 13.1 Å². The molecule has 0 aromatic heterocycles. The summed E-state index contributed by atoms with van der Waals surface area (Å²) < 4.78 is 0. The van der Waals surface area contributed by atoms with E-state index in [1.54, 1.807) is 7.05 Å². The van der Waals surface area contributed by atoms with Crippen LogP contribution in [0.5, 0.6) is 0 Å². The molecule has 1 aromatic carbocycles. The van der Waals surface area contributed by atoms with Crippen molar-refractivity contribution in [1.29, 1.82) is 0 Å². The summed E-state index contributed by atoms with van der Waals surface area (Å²) in [5, 5.41) is 6.09. The predicted octanol–water partition coefficient (Wildman–Crippen LogP) is 1.79. The van der Waals surface area contributed by atoms with Crippen LogP contribution in [-0.2, 0) is 11.2 Å². The van der Waals surface area contributed by atoms with Gasteiger partial charge in [0.25, 0.3) is 0 Å². The molecule has 1 amide bonds. The summed E-state index contributed by atoms with van der Waals surface area (Å²) in [5.74, 6) is 0.0491. The summed E-state index contributed by atoms with van der Waals surface area (Å²) in [7, 11) is 1.68. The Kier molecular flexibility index (Phi) is 3.79. The van der Waals surface area contributed by atoms with Crippen LogP contribution >= 0.6 is 0 Å². The van der Waals surface area contributed by atoms with E-state index in [1.165, 1.54) is 17.5 Å². The topological polar surface area (TPSA) is 41.1 Å². The molecule has 1 aliphatic rings. The normalized spacial score (nSPS) is 20.5. The van der Waals surface area contributed by atoms with Crippen molar-refractivity contribution in [3.63, 3.8) is 0 Å². The molecule has 2 atom stereocenters. The maximum absolute atomic E-state index is 11.5. The van der Waals surface area contributed by atoms with Gasteiger partial charge in [-0.2, -0.15) is 0 Å². The molecular formula is C14H20N2O. The molecule has 1 aliphatic carbocycles. The molecule has 0 aliphatic heterocycles. The lowest BCUT2D eigenvalue weighted by molar-refractivity contribution is -0.122. The molecule has 0 heterocycles. The van der Waals surface area contributed by atoms with E-state index in [1.807, 2.05) is 6.92 Å². The van der Waals surface area contributed by atoms with E-state index in [0.717, 1.165) is 12.8 Å². The largest absolute Gasteiger partial charge is 0.358 e. The van der Waals surface area contributed by atoms with E-state index in [2.05, 4.69) is 34.9 Å². The Morgan fingerprint density at radius 2 is 2.18 bits per heavy atom. The fraction of sp³-hybridized carbons (Fsp3) is 0.500. The van der Waals surface area contributed by atoms with Crippen LogP contribution in [0.25, 0.3) is 0 Å². The maximum atomic E-state index is 11.5. The van der Waals surface area contributed by atoms with Crippen molar-refractivity contribution in [3.8, 4) is 0 Å². The van der Waals surface area contributed by atoms with Gasteiger partial charge in [-0.3, -0.25) is 10.1 Å². The zero-order chi connectivity index (χ0) is 12.3. The molecule has 0 spiro atoms. The van der Waals surface area contributed by atoms with Gasteiger partial charge in [0.1, 0.15) is 0 Å². The minimum absolute atomic E-state index is 0.0491. The van der Waals surface area contributed by atoms with Gasteiger partial charge in [-0.15, -0.1) is 0 Å². The zero-order valence-corrected chi connectivity index (χ0v) is 10.5. The van der Waals surface area contributed by atoms with Crippen LogP contribution < -0.4 is 10.6 Å². The smallest absolute Gasteiger partial charge is 0.236 e. The molecule has 17 heavy (non-hydrogen) atoms. The zero-order valence-electron chi connectivity index (χ0n) is 10.5. The van der Waals surface area contributed by atoms with E-state index in [-0.39, 0.29) is 11.9 Å². The Morgan fingerprint density at radius 1 is 1.41 bits per heavy atom. The SMILES string of the molecule is CNC(=O)C(C)NC1CCCc2ccccc21. The number of aryl methyl sites for hydroxylation is 1. The summed E-state index contributed by atoms with van der Waals surface area (Å²) in [5.41, 5.74) is 2.77. The Labute approximate surface area is 103 Å². The van der Waals surface area contributed by atoms with Crippen molar-refractivity contribution >= 4 is 5.91 Å². The summed E-state index contributed by atoms with van der Waals surface area (Å²) in [4.78, 5) is 11.5. The molecule has 0 radical (unpaired) electrons. The summed E-state index contributed by atoms with van der Waals surface area (Å²) in [6.45, 7) is 1.91. The van der Waals surface area contributed by atoms with Crippen LogP contribution in [0.3, 0.4) is 0 Å². The lowest BCUT2D eigenvalue weighted by Crippen LogP contribution is -2.43. The van der Waals surface area contributed by atoms with E-state index in [4.69, 9.17) is 0 Å². The van der Waals surface area contributed by atoms with E-state index < -0.39 is 0 Å². The minimum atomic E-state index is -0.142. The average molecular weight is 232 g/mol. The highest BCUT2D eigenvalue weighted by molar-refractivity contribution is 5.81. The van der Waals surface area contributed by atoms with Crippen molar-refractivity contribution < 1.29 is 4.79 Å². The number of fused-ring (bicyclic) bond motifs is 1. The van der Waals surface area contributed by atoms with Crippen LogP contribution in [0.1, 0.15) is 36.9 Å². The van der Waals surface area contributed by atoms with Gasteiger partial charge in [0.15, 0.2) is 0 Å². The van der Waals surface area contributed by atoms with Gasteiger partial charge < -0.3 is 5.32 Å². The number of hydrogen-bond acceptors (Lipinski definition) is 2. The molecule has 0 saturated carbocycles. The number of benzene rings is 1. The Balaban J connectivity index is 2.11. The standard InChI is InChI=1S/C14H20N2O/c1-10(14(17)15-2)16-13-9-5-7-11-6-3-4-8-12(11)13/h3-4,6,8,10,13,16H,5,7,9H2,1-2H3,(H,15,17). The molecule has 2 N–H and O–H groups in total. The van der Waals surface area contributed by atoms with E-state index in [9.17, 15) is 4.79 Å². The first-order chi connectivity index (χ1) is 8.22. The van der Waals surface area contributed by atoms with Gasteiger partial charge >= 0.3 is 0 Å². The van der Waals surface area contributed by atoms with Crippen molar-refractivity contribution in [3.05, 3.63) is 35.4 Å². The number of carbonyl (C=O) groups excluding carboxylic acids is 1. The van der Waals surface area contributed by atoms with Gasteiger partial charge in [0.2, 0.25) is 5.91 Å². The second-order valence-electron chi connectivity index (χ2n) is 4.65. The van der Waals surface area contributed by atoms with Crippen molar-refractivity contribution in [1.82, 2.24) is 10.6 Å². The second-order valence-corrected chi connectivity index (χ2v) is 4.65. The molecular weight excluding hydrogens is 212 g/mol. The third-order valence-electron chi connectivity index (χ3n) is 3.46. The van der Waals surface area contributed by atoms with Gasteiger partial charge in [-0.1, -0.05) is 24.3 Å². The molecule has 92 valence electrons. The minimum Gasteiger partial charge on any atom is -0.358 e. The van der Waals surface area contributed by atoms with Crippen LogP contribution in [0.15, 0.2) is 24.3 Å². The lowest BCUT2D eigenvalue weighted by atomic mass is 9.87. The van der Waals surface area contributed by atoms with Crippen LogP contribution in [0.4, 0.5) is 0 Å². The number of rotatable bonds is 3. The number of likely N-dealkylation sites (N-methyl/N-ethyl adjacent to an activating group) is 1. The monoisotopic (exact) mass is 232 g/mol. The summed E-state index contributed by atoms with van der Waals surface area (Å²) >= 11 is 0. The first kappa shape index (κ1) is 12.1. The van der Waals surface area contributed by atoms with Gasteiger partial charge in [-0.25, -0.2) is 0 Å². The highest BCUT2D eigenvalue weighted by Gasteiger charge is 2.22. The molecule has 0 bridgehead atoms. The van der Waals surface area contributed by atoms with Crippen LogP contribution in [0.2, 0.25) is 0 Å². The molecule has 3 heteroatoms. The average Bonchev–Trinajstić information content (AvgIpc) is 2.38. The van der Waals surface area contributed by atoms with E-state index >= 15 is 0 Å². The molecule has 2 unspecified atom stereocenters. The number of carbonyl (C=O) groups is 1. The fourth-order valence-electron chi connectivity index (χ4n) is 2.52. The fourth-order valence-corrected chi connectivity index (χ4v) is 2.52. The van der Waals surface area contributed by atoms with Crippen LogP contribution in [0, 0.1) is 0 Å². The van der Waals surface area contributed by atoms with E-state index in [0.29, 0.717) is 6.04 Å². The molecule has 2 rings (SSSR count). The third-order valence-corrected chi connectivity index (χ3v) is 3.46. The quantitative estimate of drug-likeness (QED) is 0.834. The molecule has 0 saturated heterocycles. The Hall–Kier alpha value is -1.35. The van der Waals surface area contributed by atoms with Crippen molar-refractivity contribution in [2.75, 3.05) is 7.05 Å². The molecule has 1 aromatic rings. The van der Waals surface area contributed by atoms with Gasteiger partial charge in [0.05, 0.1) is 6.04 Å². The third kappa shape index (κ3) is 2.67. The van der Waals surface area contributed by atoms with Gasteiger partial charge in [-0.05, 0) is 37.3 Å². The number of hydrogen-bond donors (Lipinski definition) is 2. The lowest BCUT2D eigenvalue weighted by Gasteiger charge is -2.28. The van der Waals surface area contributed by atoms with Crippen molar-refractivity contribution in [2.24, 2.45) is 0 Å². The second kappa shape index (κ2) is 5.32. The predicted molar refractivity (Wildman–Crippen MR) is 68.8 cm³/mol. The Morgan fingerprint density at radius 3 is 2.94 bits per heavy atom. The molecule has 0 fully saturated rings. The summed E-state index contributed by atoms with van der Waals surface area (Å²) in [6, 6.07) is 8.69. The Bertz CT molecular complexity index is 403. The van der Waals surface area contributed by atoms with Crippen LogP contribution in [-0.4, -0.2) is 19.0 Å². The number of nitrogens with one attached hydrogen (secondary N) is 2. The highest BCUT2D eigenvalue weighted by Crippen LogP contribution is 2.29. The first-order valence-corrected chi connectivity index (χ1v) is 6.28. The molecule has 3 nitrogen and oxygen atoms in total.